The van der Waals surface area contributed by atoms with Crippen LogP contribution in [0.3, 0.4) is 0 Å². The number of aromatic nitrogens is 2. The third-order valence-corrected chi connectivity index (χ3v) is 3.97. The van der Waals surface area contributed by atoms with Gasteiger partial charge in [-0.2, -0.15) is 5.10 Å². The molecule has 7 nitrogen and oxygen atoms in total. The van der Waals surface area contributed by atoms with Gasteiger partial charge < -0.3 is 20.1 Å². The summed E-state index contributed by atoms with van der Waals surface area (Å²) in [5, 5.41) is 11.2. The number of aliphatic imine (C=N–C) groups is 1. The molecule has 0 radical (unpaired) electrons. The Kier molecular flexibility index (Phi) is 9.41. The van der Waals surface area contributed by atoms with Gasteiger partial charge in [-0.3, -0.25) is 9.67 Å². The number of guanidine groups is 1. The fourth-order valence-corrected chi connectivity index (χ4v) is 2.52. The van der Waals surface area contributed by atoms with Gasteiger partial charge in [0.15, 0.2) is 5.96 Å². The average molecular weight is 339 g/mol. The molecule has 0 aliphatic carbocycles. The normalized spacial score (nSPS) is 13.2. The second-order valence-electron chi connectivity index (χ2n) is 5.98. The molecule has 1 aromatic rings. The van der Waals surface area contributed by atoms with Gasteiger partial charge in [0.05, 0.1) is 18.9 Å². The van der Waals surface area contributed by atoms with Gasteiger partial charge in [0, 0.05) is 46.1 Å². The zero-order chi connectivity index (χ0) is 17.9. The molecule has 0 bridgehead atoms. The molecule has 1 rings (SSSR count). The third-order valence-electron chi connectivity index (χ3n) is 3.97. The maximum Gasteiger partial charge on any atom is 0.191 e. The smallest absolute Gasteiger partial charge is 0.191 e. The summed E-state index contributed by atoms with van der Waals surface area (Å²) in [5.41, 5.74) is 3.62. The van der Waals surface area contributed by atoms with E-state index in [1.165, 1.54) is 11.3 Å². The van der Waals surface area contributed by atoms with Gasteiger partial charge in [0.25, 0.3) is 0 Å². The van der Waals surface area contributed by atoms with E-state index in [0.29, 0.717) is 13.2 Å². The second kappa shape index (κ2) is 11.0. The minimum atomic E-state index is 0.274. The van der Waals surface area contributed by atoms with Crippen molar-refractivity contribution in [1.82, 2.24) is 20.4 Å². The summed E-state index contributed by atoms with van der Waals surface area (Å²) in [5.74, 6) is 0.818. The zero-order valence-electron chi connectivity index (χ0n) is 16.0. The van der Waals surface area contributed by atoms with Crippen molar-refractivity contribution in [2.45, 2.75) is 39.7 Å². The van der Waals surface area contributed by atoms with Crippen molar-refractivity contribution >= 4 is 5.96 Å². The number of nitrogens with zero attached hydrogens (tertiary/aromatic N) is 3. The molecule has 2 N–H and O–H groups in total. The number of hydrogen-bond acceptors (Lipinski definition) is 4. The van der Waals surface area contributed by atoms with Gasteiger partial charge in [0.2, 0.25) is 0 Å². The Labute approximate surface area is 145 Å². The highest BCUT2D eigenvalue weighted by atomic mass is 16.5. The van der Waals surface area contributed by atoms with Gasteiger partial charge >= 0.3 is 0 Å². The number of methoxy groups -OCH3 is 1. The maximum atomic E-state index is 5.44. The molecule has 138 valence electrons. The highest BCUT2D eigenvalue weighted by molar-refractivity contribution is 5.79. The first kappa shape index (κ1) is 20.4. The summed E-state index contributed by atoms with van der Waals surface area (Å²) < 4.78 is 12.3. The SMILES string of the molecule is CN=C(NCCCOCCOC)NC(C)Cc1c(C)nn(C)c1C. The lowest BCUT2D eigenvalue weighted by Crippen LogP contribution is -2.43. The molecule has 0 fully saturated rings. The van der Waals surface area contributed by atoms with Gasteiger partial charge in [-0.25, -0.2) is 0 Å². The first-order chi connectivity index (χ1) is 11.5. The number of ether oxygens (including phenoxy) is 2. The first-order valence-electron chi connectivity index (χ1n) is 8.52. The zero-order valence-corrected chi connectivity index (χ0v) is 16.0. The van der Waals surface area contributed by atoms with Crippen LogP contribution in [-0.2, 0) is 22.9 Å². The summed E-state index contributed by atoms with van der Waals surface area (Å²) in [6.07, 6.45) is 1.85. The topological polar surface area (TPSA) is 72.7 Å². The molecular formula is C17H33N5O2. The molecule has 0 saturated heterocycles. The molecular weight excluding hydrogens is 306 g/mol. The predicted octanol–water partition coefficient (Wildman–Crippen LogP) is 1.19. The molecule has 1 heterocycles. The van der Waals surface area contributed by atoms with Crippen molar-refractivity contribution in [2.75, 3.05) is 40.5 Å². The fraction of sp³-hybridized carbons (Fsp3) is 0.765. The molecule has 0 aliphatic heterocycles. The quantitative estimate of drug-likeness (QED) is 0.380. The van der Waals surface area contributed by atoms with Crippen molar-refractivity contribution < 1.29 is 9.47 Å². The van der Waals surface area contributed by atoms with Crippen LogP contribution < -0.4 is 10.6 Å². The second-order valence-corrected chi connectivity index (χ2v) is 5.98. The van der Waals surface area contributed by atoms with E-state index >= 15 is 0 Å². The van der Waals surface area contributed by atoms with E-state index in [0.717, 1.165) is 37.6 Å². The summed E-state index contributed by atoms with van der Waals surface area (Å²) in [6.45, 7) is 9.16. The highest BCUT2D eigenvalue weighted by Gasteiger charge is 2.13. The molecule has 0 amide bonds. The third kappa shape index (κ3) is 6.88. The lowest BCUT2D eigenvalue weighted by molar-refractivity contribution is 0.0698. The monoisotopic (exact) mass is 339 g/mol. The molecule has 24 heavy (non-hydrogen) atoms. The lowest BCUT2D eigenvalue weighted by atomic mass is 10.1. The van der Waals surface area contributed by atoms with Crippen molar-refractivity contribution in [3.63, 3.8) is 0 Å². The molecule has 1 aromatic heterocycles. The largest absolute Gasteiger partial charge is 0.382 e. The molecule has 0 aromatic carbocycles. The minimum Gasteiger partial charge on any atom is -0.382 e. The maximum absolute atomic E-state index is 5.44. The van der Waals surface area contributed by atoms with Crippen LogP contribution in [-0.4, -0.2) is 62.3 Å². The minimum absolute atomic E-state index is 0.274. The highest BCUT2D eigenvalue weighted by Crippen LogP contribution is 2.14. The van der Waals surface area contributed by atoms with Crippen LogP contribution in [0.15, 0.2) is 4.99 Å². The number of aryl methyl sites for hydroxylation is 2. The molecule has 0 saturated carbocycles. The van der Waals surface area contributed by atoms with Crippen LogP contribution in [0.2, 0.25) is 0 Å². The molecule has 1 unspecified atom stereocenters. The molecule has 0 spiro atoms. The van der Waals surface area contributed by atoms with Gasteiger partial charge in [-0.05, 0) is 39.2 Å². The summed E-state index contributed by atoms with van der Waals surface area (Å²) in [7, 11) is 5.45. The van der Waals surface area contributed by atoms with E-state index in [1.54, 1.807) is 14.2 Å². The Morgan fingerprint density at radius 3 is 2.62 bits per heavy atom. The summed E-state index contributed by atoms with van der Waals surface area (Å²) >= 11 is 0. The average Bonchev–Trinajstić information content (AvgIpc) is 2.79. The lowest BCUT2D eigenvalue weighted by Gasteiger charge is -2.18. The van der Waals surface area contributed by atoms with Crippen LogP contribution in [0.5, 0.6) is 0 Å². The van der Waals surface area contributed by atoms with Crippen molar-refractivity contribution in [2.24, 2.45) is 12.0 Å². The Balaban J connectivity index is 2.32. The first-order valence-corrected chi connectivity index (χ1v) is 8.52. The van der Waals surface area contributed by atoms with E-state index < -0.39 is 0 Å². The number of hydrogen-bond donors (Lipinski definition) is 2. The van der Waals surface area contributed by atoms with E-state index in [1.807, 2.05) is 11.7 Å². The summed E-state index contributed by atoms with van der Waals surface area (Å²) in [6, 6.07) is 0.274. The number of nitrogens with one attached hydrogen (secondary N) is 2. The summed E-state index contributed by atoms with van der Waals surface area (Å²) in [4.78, 5) is 4.28. The van der Waals surface area contributed by atoms with Crippen molar-refractivity contribution in [1.29, 1.82) is 0 Å². The molecule has 0 aliphatic rings. The standard InChI is InChI=1S/C17H33N5O2/c1-13(12-16-14(2)21-22(5)15(16)3)20-17(18-4)19-8-7-9-24-11-10-23-6/h13H,7-12H2,1-6H3,(H2,18,19,20). The van der Waals surface area contributed by atoms with E-state index in [2.05, 4.69) is 41.5 Å². The van der Waals surface area contributed by atoms with Crippen LogP contribution >= 0.6 is 0 Å². The fourth-order valence-electron chi connectivity index (χ4n) is 2.52. The van der Waals surface area contributed by atoms with Gasteiger partial charge in [-0.1, -0.05) is 0 Å². The van der Waals surface area contributed by atoms with Gasteiger partial charge in [0.1, 0.15) is 0 Å². The van der Waals surface area contributed by atoms with Crippen molar-refractivity contribution in [3.8, 4) is 0 Å². The van der Waals surface area contributed by atoms with Crippen LogP contribution in [0.1, 0.15) is 30.3 Å². The Hall–Kier alpha value is -1.60. The van der Waals surface area contributed by atoms with E-state index in [9.17, 15) is 0 Å². The molecule has 1 atom stereocenters. The van der Waals surface area contributed by atoms with Crippen LogP contribution in [0.4, 0.5) is 0 Å². The Morgan fingerprint density at radius 1 is 1.29 bits per heavy atom. The Bertz CT molecular complexity index is 513. The van der Waals surface area contributed by atoms with Crippen LogP contribution in [0.25, 0.3) is 0 Å². The van der Waals surface area contributed by atoms with Crippen LogP contribution in [0, 0.1) is 13.8 Å². The predicted molar refractivity (Wildman–Crippen MR) is 97.7 cm³/mol. The Morgan fingerprint density at radius 2 is 2.04 bits per heavy atom. The van der Waals surface area contributed by atoms with E-state index in [4.69, 9.17) is 9.47 Å². The van der Waals surface area contributed by atoms with Gasteiger partial charge in [-0.15, -0.1) is 0 Å². The van der Waals surface area contributed by atoms with E-state index in [-0.39, 0.29) is 6.04 Å². The number of rotatable bonds is 10. The molecule has 7 heteroatoms. The van der Waals surface area contributed by atoms with Crippen molar-refractivity contribution in [3.05, 3.63) is 17.0 Å².